The van der Waals surface area contributed by atoms with E-state index >= 15 is 0 Å². The molecule has 0 aliphatic carbocycles. The monoisotopic (exact) mass is 188 g/mol. The van der Waals surface area contributed by atoms with Crippen LogP contribution in [0.25, 0.3) is 12.2 Å². The summed E-state index contributed by atoms with van der Waals surface area (Å²) in [6, 6.07) is 0. The van der Waals surface area contributed by atoms with E-state index in [1.165, 1.54) is 0 Å². The molecule has 0 amide bonds. The first kappa shape index (κ1) is 10.6. The summed E-state index contributed by atoms with van der Waals surface area (Å²) in [5, 5.41) is 0. The molecule has 0 bridgehead atoms. The molecule has 1 aromatic heterocycles. The average Bonchev–Trinajstić information content (AvgIpc) is 2.15. The summed E-state index contributed by atoms with van der Waals surface area (Å²) in [7, 11) is 0. The van der Waals surface area contributed by atoms with Crippen LogP contribution in [0.2, 0.25) is 0 Å². The first-order chi connectivity index (χ1) is 6.63. The average molecular weight is 188 g/mol. The van der Waals surface area contributed by atoms with Crippen LogP contribution in [-0.2, 0) is 0 Å². The van der Waals surface area contributed by atoms with Crippen LogP contribution in [0.4, 0.5) is 0 Å². The fourth-order valence-corrected chi connectivity index (χ4v) is 1.07. The van der Waals surface area contributed by atoms with Gasteiger partial charge in [0.2, 0.25) is 0 Å². The number of hydrogen-bond donors (Lipinski definition) is 0. The Labute approximate surface area is 85.4 Å². The molecule has 0 aliphatic rings. The molecule has 0 saturated carbocycles. The summed E-state index contributed by atoms with van der Waals surface area (Å²) < 4.78 is 0. The minimum Gasteiger partial charge on any atom is -0.253 e. The fraction of sp³-hybridized carbons (Fsp3) is 0.333. The highest BCUT2D eigenvalue weighted by Gasteiger charge is 1.99. The van der Waals surface area contributed by atoms with Crippen molar-refractivity contribution in [2.24, 2.45) is 5.92 Å². The Hall–Kier alpha value is -1.44. The fourth-order valence-electron chi connectivity index (χ4n) is 1.07. The summed E-state index contributed by atoms with van der Waals surface area (Å²) in [5.74, 6) is 0.523. The van der Waals surface area contributed by atoms with Crippen LogP contribution in [0.3, 0.4) is 0 Å². The second kappa shape index (κ2) is 4.70. The highest BCUT2D eigenvalue weighted by molar-refractivity contribution is 5.58. The molecule has 0 saturated heterocycles. The molecule has 0 aliphatic heterocycles. The number of aromatic nitrogens is 2. The van der Waals surface area contributed by atoms with E-state index in [9.17, 15) is 0 Å². The second-order valence-corrected chi connectivity index (χ2v) is 3.59. The zero-order valence-corrected chi connectivity index (χ0v) is 8.99. The summed E-state index contributed by atoms with van der Waals surface area (Å²) in [6.07, 6.45) is 7.59. The normalized spacial score (nSPS) is 11.1. The van der Waals surface area contributed by atoms with E-state index in [1.807, 2.05) is 13.0 Å². The molecule has 2 nitrogen and oxygen atoms in total. The molecular formula is C12H16N2. The van der Waals surface area contributed by atoms with Crippen LogP contribution in [-0.4, -0.2) is 9.97 Å². The summed E-state index contributed by atoms with van der Waals surface area (Å²) in [4.78, 5) is 8.64. The molecule has 0 atom stereocenters. The van der Waals surface area contributed by atoms with Crippen molar-refractivity contribution in [3.8, 4) is 0 Å². The first-order valence-corrected chi connectivity index (χ1v) is 4.77. The van der Waals surface area contributed by atoms with E-state index in [-0.39, 0.29) is 0 Å². The Morgan fingerprint density at radius 1 is 1.36 bits per heavy atom. The van der Waals surface area contributed by atoms with Crippen molar-refractivity contribution in [1.29, 1.82) is 0 Å². The SMILES string of the molecule is C=Cc1ncc(C)nc1/C=C\C(C)C. The maximum Gasteiger partial charge on any atom is 0.0886 e. The third-order valence-electron chi connectivity index (χ3n) is 1.78. The van der Waals surface area contributed by atoms with E-state index in [0.717, 1.165) is 17.1 Å². The van der Waals surface area contributed by atoms with Gasteiger partial charge in [0, 0.05) is 6.20 Å². The molecule has 0 radical (unpaired) electrons. The van der Waals surface area contributed by atoms with Gasteiger partial charge in [0.05, 0.1) is 17.1 Å². The first-order valence-electron chi connectivity index (χ1n) is 4.77. The number of allylic oxidation sites excluding steroid dienone is 1. The van der Waals surface area contributed by atoms with Gasteiger partial charge in [-0.1, -0.05) is 26.5 Å². The summed E-state index contributed by atoms with van der Waals surface area (Å²) in [5.41, 5.74) is 2.67. The molecule has 0 aromatic carbocycles. The van der Waals surface area contributed by atoms with Crippen molar-refractivity contribution < 1.29 is 0 Å². The van der Waals surface area contributed by atoms with Gasteiger partial charge in [0.1, 0.15) is 0 Å². The number of hydrogen-bond acceptors (Lipinski definition) is 2. The van der Waals surface area contributed by atoms with E-state index < -0.39 is 0 Å². The van der Waals surface area contributed by atoms with Gasteiger partial charge in [-0.15, -0.1) is 0 Å². The van der Waals surface area contributed by atoms with Gasteiger partial charge >= 0.3 is 0 Å². The van der Waals surface area contributed by atoms with Crippen molar-refractivity contribution in [1.82, 2.24) is 9.97 Å². The highest BCUT2D eigenvalue weighted by atomic mass is 14.8. The Kier molecular flexibility index (Phi) is 3.57. The minimum atomic E-state index is 0.523. The van der Waals surface area contributed by atoms with Crippen molar-refractivity contribution in [2.45, 2.75) is 20.8 Å². The zero-order chi connectivity index (χ0) is 10.6. The van der Waals surface area contributed by atoms with Crippen molar-refractivity contribution >= 4 is 12.2 Å². The Bertz CT molecular complexity index is 351. The highest BCUT2D eigenvalue weighted by Crippen LogP contribution is 2.09. The third-order valence-corrected chi connectivity index (χ3v) is 1.78. The summed E-state index contributed by atoms with van der Waals surface area (Å²) >= 11 is 0. The van der Waals surface area contributed by atoms with Crippen molar-refractivity contribution in [3.05, 3.63) is 35.9 Å². The van der Waals surface area contributed by atoms with E-state index in [0.29, 0.717) is 5.92 Å². The van der Waals surface area contributed by atoms with E-state index in [2.05, 4.69) is 36.5 Å². The number of nitrogens with zero attached hydrogens (tertiary/aromatic N) is 2. The zero-order valence-electron chi connectivity index (χ0n) is 8.99. The lowest BCUT2D eigenvalue weighted by Crippen LogP contribution is -1.94. The van der Waals surface area contributed by atoms with Gasteiger partial charge in [0.25, 0.3) is 0 Å². The molecular weight excluding hydrogens is 172 g/mol. The minimum absolute atomic E-state index is 0.523. The van der Waals surface area contributed by atoms with Gasteiger partial charge < -0.3 is 0 Å². The Morgan fingerprint density at radius 2 is 2.07 bits per heavy atom. The smallest absolute Gasteiger partial charge is 0.0886 e. The Balaban J connectivity index is 3.04. The lowest BCUT2D eigenvalue weighted by Gasteiger charge is -2.01. The maximum atomic E-state index is 4.40. The van der Waals surface area contributed by atoms with Crippen LogP contribution in [0.1, 0.15) is 30.9 Å². The quantitative estimate of drug-likeness (QED) is 0.728. The molecule has 1 rings (SSSR count). The van der Waals surface area contributed by atoms with Crippen LogP contribution in [0.15, 0.2) is 18.9 Å². The molecule has 2 heteroatoms. The van der Waals surface area contributed by atoms with Gasteiger partial charge in [-0.25, -0.2) is 4.98 Å². The van der Waals surface area contributed by atoms with Crippen LogP contribution in [0.5, 0.6) is 0 Å². The second-order valence-electron chi connectivity index (χ2n) is 3.59. The van der Waals surface area contributed by atoms with Crippen LogP contribution in [0, 0.1) is 12.8 Å². The predicted octanol–water partition coefficient (Wildman–Crippen LogP) is 3.10. The topological polar surface area (TPSA) is 25.8 Å². The summed E-state index contributed by atoms with van der Waals surface area (Å²) in [6.45, 7) is 9.91. The van der Waals surface area contributed by atoms with E-state index in [1.54, 1.807) is 12.3 Å². The largest absolute Gasteiger partial charge is 0.253 e. The maximum absolute atomic E-state index is 4.40. The molecule has 0 N–H and O–H groups in total. The standard InChI is InChI=1S/C12H16N2/c1-5-11-12(7-6-9(2)3)14-10(4)8-13-11/h5-9H,1H2,2-4H3/b7-6-. The third kappa shape index (κ3) is 2.80. The van der Waals surface area contributed by atoms with Gasteiger partial charge in [-0.2, -0.15) is 0 Å². The molecule has 0 spiro atoms. The molecule has 74 valence electrons. The van der Waals surface area contributed by atoms with Gasteiger partial charge in [-0.3, -0.25) is 4.98 Å². The molecule has 0 unspecified atom stereocenters. The predicted molar refractivity (Wildman–Crippen MR) is 60.7 cm³/mol. The lowest BCUT2D eigenvalue weighted by molar-refractivity contribution is 0.835. The lowest BCUT2D eigenvalue weighted by atomic mass is 10.1. The molecule has 14 heavy (non-hydrogen) atoms. The van der Waals surface area contributed by atoms with Crippen molar-refractivity contribution in [3.63, 3.8) is 0 Å². The van der Waals surface area contributed by atoms with Crippen LogP contribution >= 0.6 is 0 Å². The Morgan fingerprint density at radius 3 is 2.64 bits per heavy atom. The molecule has 1 heterocycles. The van der Waals surface area contributed by atoms with Gasteiger partial charge in [-0.05, 0) is 25.0 Å². The number of aryl methyl sites for hydroxylation is 1. The van der Waals surface area contributed by atoms with Crippen LogP contribution < -0.4 is 0 Å². The van der Waals surface area contributed by atoms with Crippen molar-refractivity contribution in [2.75, 3.05) is 0 Å². The molecule has 1 aromatic rings. The van der Waals surface area contributed by atoms with Gasteiger partial charge in [0.15, 0.2) is 0 Å². The van der Waals surface area contributed by atoms with E-state index in [4.69, 9.17) is 0 Å². The molecule has 0 fully saturated rings. The number of rotatable bonds is 3.